The molecule has 25 heavy (non-hydrogen) atoms. The van der Waals surface area contributed by atoms with Gasteiger partial charge in [-0.05, 0) is 18.9 Å². The number of methoxy groups -OCH3 is 1. The van der Waals surface area contributed by atoms with Gasteiger partial charge in [-0.1, -0.05) is 6.07 Å². The molecule has 3 aromatic rings. The highest BCUT2D eigenvalue weighted by atomic mass is 32.1. The van der Waals surface area contributed by atoms with Gasteiger partial charge in [-0.15, -0.1) is 11.3 Å². The maximum absolute atomic E-state index is 11.7. The largest absolute Gasteiger partial charge is 0.481 e. The Kier molecular flexibility index (Phi) is 3.65. The van der Waals surface area contributed by atoms with Gasteiger partial charge in [0.15, 0.2) is 0 Å². The highest BCUT2D eigenvalue weighted by Gasteiger charge is 2.25. The van der Waals surface area contributed by atoms with Crippen LogP contribution in [0.1, 0.15) is 22.5 Å². The summed E-state index contributed by atoms with van der Waals surface area (Å²) in [5.41, 5.74) is 13.0. The topological polar surface area (TPSA) is 129 Å². The quantitative estimate of drug-likeness (QED) is 0.637. The van der Waals surface area contributed by atoms with Crippen LogP contribution in [0, 0.1) is 0 Å². The Morgan fingerprint density at radius 2 is 2.12 bits per heavy atom. The number of aromatic nitrogens is 3. The number of carbonyl (C=O) groups excluding carboxylic acids is 1. The average Bonchev–Trinajstić information content (AvgIpc) is 3.36. The van der Waals surface area contributed by atoms with E-state index < -0.39 is 5.91 Å². The summed E-state index contributed by atoms with van der Waals surface area (Å²) in [4.78, 5) is 26.1. The highest BCUT2D eigenvalue weighted by molar-refractivity contribution is 7.21. The lowest BCUT2D eigenvalue weighted by Crippen LogP contribution is -2.10. The molecule has 0 radical (unpaired) electrons. The lowest BCUT2D eigenvalue weighted by molar-refractivity contribution is 0.100. The minimum Gasteiger partial charge on any atom is -0.481 e. The fraction of sp³-hybridized carbons (Fsp3) is 0.250. The number of hydrogen-bond donors (Lipinski definition) is 3. The van der Waals surface area contributed by atoms with Gasteiger partial charge in [0, 0.05) is 12.1 Å². The zero-order chi connectivity index (χ0) is 17.6. The maximum Gasteiger partial charge on any atom is 0.260 e. The monoisotopic (exact) mass is 356 g/mol. The fourth-order valence-electron chi connectivity index (χ4n) is 2.53. The first-order valence-corrected chi connectivity index (χ1v) is 8.56. The molecule has 4 rings (SSSR count). The number of fused-ring (bicyclic) bond motifs is 1. The minimum atomic E-state index is -0.582. The zero-order valence-electron chi connectivity index (χ0n) is 13.4. The molecule has 0 saturated heterocycles. The number of thiophene rings is 1. The normalized spacial score (nSPS) is 13.8. The van der Waals surface area contributed by atoms with E-state index in [1.165, 1.54) is 0 Å². The van der Waals surface area contributed by atoms with Crippen LogP contribution < -0.4 is 21.5 Å². The number of primary amides is 1. The molecule has 0 spiro atoms. The van der Waals surface area contributed by atoms with Gasteiger partial charge in [0.1, 0.15) is 15.4 Å². The standard InChI is InChI=1S/C16H16N6O2S/c1-24-9-4-2-3-8(20-9)12-10-11(17)13(14(18)23)25-15(10)22-16(21-12)19-7-5-6-7/h2-4,7H,5-6,17H2,1H3,(H2,18,23)(H,19,21,22). The van der Waals surface area contributed by atoms with Crippen LogP contribution in [0.2, 0.25) is 0 Å². The molecule has 0 bridgehead atoms. The molecule has 0 atom stereocenters. The van der Waals surface area contributed by atoms with E-state index in [0.717, 1.165) is 24.2 Å². The van der Waals surface area contributed by atoms with Crippen molar-refractivity contribution in [1.29, 1.82) is 0 Å². The van der Waals surface area contributed by atoms with E-state index in [0.29, 0.717) is 39.5 Å². The van der Waals surface area contributed by atoms with Gasteiger partial charge >= 0.3 is 0 Å². The lowest BCUT2D eigenvalue weighted by atomic mass is 10.1. The molecule has 0 aromatic carbocycles. The van der Waals surface area contributed by atoms with Crippen LogP contribution in [0.5, 0.6) is 5.88 Å². The molecule has 1 saturated carbocycles. The summed E-state index contributed by atoms with van der Waals surface area (Å²) in [7, 11) is 1.55. The molecule has 0 aliphatic heterocycles. The number of rotatable bonds is 5. The molecule has 1 amide bonds. The molecule has 1 aliphatic rings. The smallest absolute Gasteiger partial charge is 0.260 e. The number of nitrogens with zero attached hydrogens (tertiary/aromatic N) is 3. The predicted molar refractivity (Wildman–Crippen MR) is 96.8 cm³/mol. The summed E-state index contributed by atoms with van der Waals surface area (Å²) in [5, 5.41) is 3.86. The number of nitrogens with two attached hydrogens (primary N) is 2. The Balaban J connectivity index is 1.96. The van der Waals surface area contributed by atoms with Crippen molar-refractivity contribution >= 4 is 39.1 Å². The summed E-state index contributed by atoms with van der Waals surface area (Å²) in [6.07, 6.45) is 2.18. The van der Waals surface area contributed by atoms with Crippen LogP contribution in [-0.2, 0) is 0 Å². The second-order valence-corrected chi connectivity index (χ2v) is 6.77. The van der Waals surface area contributed by atoms with Crippen LogP contribution in [0.4, 0.5) is 11.6 Å². The van der Waals surface area contributed by atoms with Crippen LogP contribution in [0.3, 0.4) is 0 Å². The van der Waals surface area contributed by atoms with Gasteiger partial charge in [-0.2, -0.15) is 0 Å². The number of carbonyl (C=O) groups is 1. The Labute approximate surface area is 147 Å². The Morgan fingerprint density at radius 1 is 1.32 bits per heavy atom. The zero-order valence-corrected chi connectivity index (χ0v) is 14.3. The number of anilines is 2. The van der Waals surface area contributed by atoms with E-state index in [9.17, 15) is 4.79 Å². The van der Waals surface area contributed by atoms with Gasteiger partial charge in [-0.3, -0.25) is 4.79 Å². The third-order valence-corrected chi connectivity index (χ3v) is 5.01. The third kappa shape index (κ3) is 2.82. The van der Waals surface area contributed by atoms with Gasteiger partial charge in [-0.25, -0.2) is 15.0 Å². The molecule has 8 nitrogen and oxygen atoms in total. The van der Waals surface area contributed by atoms with Crippen molar-refractivity contribution in [2.75, 3.05) is 18.2 Å². The first kappa shape index (κ1) is 15.6. The van der Waals surface area contributed by atoms with E-state index >= 15 is 0 Å². The highest BCUT2D eigenvalue weighted by Crippen LogP contribution is 2.39. The van der Waals surface area contributed by atoms with Gasteiger partial charge < -0.3 is 21.5 Å². The molecule has 5 N–H and O–H groups in total. The third-order valence-electron chi connectivity index (χ3n) is 3.90. The van der Waals surface area contributed by atoms with Crippen LogP contribution in [0.15, 0.2) is 18.2 Å². The number of ether oxygens (including phenoxy) is 1. The lowest BCUT2D eigenvalue weighted by Gasteiger charge is -2.08. The first-order valence-electron chi connectivity index (χ1n) is 7.74. The van der Waals surface area contributed by atoms with E-state index in [4.69, 9.17) is 16.2 Å². The Morgan fingerprint density at radius 3 is 2.80 bits per heavy atom. The molecule has 1 fully saturated rings. The summed E-state index contributed by atoms with van der Waals surface area (Å²) in [6, 6.07) is 5.76. The van der Waals surface area contributed by atoms with Gasteiger partial charge in [0.05, 0.1) is 23.9 Å². The Bertz CT molecular complexity index is 982. The van der Waals surface area contributed by atoms with Crippen LogP contribution in [0.25, 0.3) is 21.6 Å². The molecule has 3 heterocycles. The molecular formula is C16H16N6O2S. The van der Waals surface area contributed by atoms with Crippen molar-refractivity contribution in [3.63, 3.8) is 0 Å². The molecule has 128 valence electrons. The fourth-order valence-corrected chi connectivity index (χ4v) is 3.47. The molecule has 0 unspecified atom stereocenters. The van der Waals surface area contributed by atoms with Crippen molar-refractivity contribution in [1.82, 2.24) is 15.0 Å². The number of amides is 1. The molecule has 9 heteroatoms. The second kappa shape index (κ2) is 5.85. The predicted octanol–water partition coefficient (Wildman–Crippen LogP) is 2.02. The van der Waals surface area contributed by atoms with E-state index in [-0.39, 0.29) is 10.6 Å². The average molecular weight is 356 g/mol. The first-order chi connectivity index (χ1) is 12.1. The van der Waals surface area contributed by atoms with Crippen LogP contribution >= 0.6 is 11.3 Å². The van der Waals surface area contributed by atoms with Crippen molar-refractivity contribution in [2.45, 2.75) is 18.9 Å². The molecule has 1 aliphatic carbocycles. The van der Waals surface area contributed by atoms with Crippen molar-refractivity contribution in [3.05, 3.63) is 23.1 Å². The maximum atomic E-state index is 11.7. The second-order valence-electron chi connectivity index (χ2n) is 5.77. The van der Waals surface area contributed by atoms with Crippen molar-refractivity contribution < 1.29 is 9.53 Å². The van der Waals surface area contributed by atoms with E-state index in [2.05, 4.69) is 20.3 Å². The summed E-state index contributed by atoms with van der Waals surface area (Å²) >= 11 is 1.16. The van der Waals surface area contributed by atoms with Crippen molar-refractivity contribution in [2.24, 2.45) is 5.73 Å². The van der Waals surface area contributed by atoms with E-state index in [1.54, 1.807) is 13.2 Å². The summed E-state index contributed by atoms with van der Waals surface area (Å²) in [5.74, 6) is 0.374. The minimum absolute atomic E-state index is 0.275. The van der Waals surface area contributed by atoms with Crippen LogP contribution in [-0.4, -0.2) is 34.0 Å². The van der Waals surface area contributed by atoms with Gasteiger partial charge in [0.2, 0.25) is 11.8 Å². The molecular weight excluding hydrogens is 340 g/mol. The Hall–Kier alpha value is -2.94. The SMILES string of the molecule is COc1cccc(-c2nc(NC3CC3)nc3sc(C(N)=O)c(N)c23)n1. The van der Waals surface area contributed by atoms with E-state index in [1.807, 2.05) is 12.1 Å². The van der Waals surface area contributed by atoms with Crippen molar-refractivity contribution in [3.8, 4) is 17.3 Å². The summed E-state index contributed by atoms with van der Waals surface area (Å²) in [6.45, 7) is 0. The van der Waals surface area contributed by atoms with Gasteiger partial charge in [0.25, 0.3) is 5.91 Å². The number of nitrogen functional groups attached to an aromatic ring is 1. The number of hydrogen-bond acceptors (Lipinski definition) is 8. The number of pyridine rings is 1. The summed E-state index contributed by atoms with van der Waals surface area (Å²) < 4.78 is 5.19. The molecule has 3 aromatic heterocycles. The number of nitrogens with one attached hydrogen (secondary N) is 1.